The molecule has 0 radical (unpaired) electrons. The number of benzene rings is 3. The molecule has 3 aromatic rings. The topological polar surface area (TPSA) is 0 Å². The Morgan fingerprint density at radius 3 is 2.14 bits per heavy atom. The Morgan fingerprint density at radius 1 is 0.643 bits per heavy atom. The Morgan fingerprint density at radius 2 is 1.39 bits per heavy atom. The Labute approximate surface area is 187 Å². The maximum Gasteiger partial charge on any atom is 0 e. The fourth-order valence-electron chi connectivity index (χ4n) is 4.83. The molecule has 0 bridgehead atoms. The summed E-state index contributed by atoms with van der Waals surface area (Å²) in [5.74, 6) is 0.777. The van der Waals surface area contributed by atoms with Gasteiger partial charge in [-0.1, -0.05) is 92.1 Å². The largest absolute Gasteiger partial charge is 0.0622 e. The number of rotatable bonds is 3. The van der Waals surface area contributed by atoms with Crippen molar-refractivity contribution in [1.82, 2.24) is 0 Å². The molecule has 0 aromatic heterocycles. The minimum atomic E-state index is 0. The Hall–Kier alpha value is -1.72. The van der Waals surface area contributed by atoms with Crippen molar-refractivity contribution in [2.45, 2.75) is 44.4 Å². The van der Waals surface area contributed by atoms with Crippen LogP contribution in [0.2, 0.25) is 0 Å². The standard InChI is InChI=1S/C27H26.Zr/c1-3-8-20(9-4-1)22-14-16-23(17-15-22)26-13-7-12-24-18-25(19-27(24)26)21-10-5-2-6-11-21;/h2,5-7,10-17,19-20H,1,3-4,8-9,18H2;. The van der Waals surface area contributed by atoms with Gasteiger partial charge in [0.15, 0.2) is 0 Å². The van der Waals surface area contributed by atoms with Gasteiger partial charge in [-0.25, -0.2) is 0 Å². The van der Waals surface area contributed by atoms with Crippen molar-refractivity contribution < 1.29 is 26.2 Å². The van der Waals surface area contributed by atoms with Crippen LogP contribution in [0.1, 0.15) is 60.3 Å². The summed E-state index contributed by atoms with van der Waals surface area (Å²) in [5.41, 5.74) is 9.87. The van der Waals surface area contributed by atoms with Crippen LogP contribution in [0, 0.1) is 0 Å². The van der Waals surface area contributed by atoms with E-state index in [9.17, 15) is 0 Å². The second-order valence-corrected chi connectivity index (χ2v) is 8.05. The minimum Gasteiger partial charge on any atom is -0.0622 e. The molecule has 3 aromatic carbocycles. The van der Waals surface area contributed by atoms with Gasteiger partial charge in [0.1, 0.15) is 0 Å². The first-order chi connectivity index (χ1) is 13.4. The maximum atomic E-state index is 2.40. The smallest absolute Gasteiger partial charge is 0 e. The third kappa shape index (κ3) is 3.88. The number of hydrogen-bond donors (Lipinski definition) is 0. The van der Waals surface area contributed by atoms with E-state index < -0.39 is 0 Å². The Balaban J connectivity index is 0.00000192. The molecule has 0 saturated heterocycles. The van der Waals surface area contributed by atoms with Crippen LogP contribution < -0.4 is 0 Å². The normalized spacial score (nSPS) is 16.2. The van der Waals surface area contributed by atoms with Crippen molar-refractivity contribution in [2.75, 3.05) is 0 Å². The van der Waals surface area contributed by atoms with Gasteiger partial charge in [0.25, 0.3) is 0 Å². The Bertz CT molecular complexity index is 961. The summed E-state index contributed by atoms with van der Waals surface area (Å²) >= 11 is 0. The van der Waals surface area contributed by atoms with E-state index in [0.29, 0.717) is 0 Å². The van der Waals surface area contributed by atoms with Crippen LogP contribution >= 0.6 is 0 Å². The van der Waals surface area contributed by atoms with Crippen LogP contribution in [-0.2, 0) is 32.6 Å². The number of fused-ring (bicyclic) bond motifs is 1. The third-order valence-corrected chi connectivity index (χ3v) is 6.34. The summed E-state index contributed by atoms with van der Waals surface area (Å²) in [6, 6.07) is 27.0. The molecule has 0 unspecified atom stereocenters. The van der Waals surface area contributed by atoms with E-state index in [1.165, 1.54) is 71.1 Å². The van der Waals surface area contributed by atoms with Crippen molar-refractivity contribution in [2.24, 2.45) is 0 Å². The molecular weight excluding hydrogens is 416 g/mol. The van der Waals surface area contributed by atoms with Crippen LogP contribution in [0.4, 0.5) is 0 Å². The van der Waals surface area contributed by atoms with Crippen molar-refractivity contribution in [3.05, 3.63) is 95.1 Å². The molecule has 0 aliphatic heterocycles. The zero-order valence-electron chi connectivity index (χ0n) is 16.3. The van der Waals surface area contributed by atoms with Gasteiger partial charge in [-0.15, -0.1) is 0 Å². The summed E-state index contributed by atoms with van der Waals surface area (Å²) in [6.45, 7) is 0. The van der Waals surface area contributed by atoms with Crippen molar-refractivity contribution in [3.8, 4) is 11.1 Å². The van der Waals surface area contributed by atoms with Crippen LogP contribution in [0.5, 0.6) is 0 Å². The van der Waals surface area contributed by atoms with Gasteiger partial charge < -0.3 is 0 Å². The first kappa shape index (κ1) is 19.6. The molecule has 0 N–H and O–H groups in total. The molecule has 138 valence electrons. The third-order valence-electron chi connectivity index (χ3n) is 6.34. The molecule has 0 heterocycles. The molecular formula is C27H26Zr. The first-order valence-corrected chi connectivity index (χ1v) is 10.4. The first-order valence-electron chi connectivity index (χ1n) is 10.4. The summed E-state index contributed by atoms with van der Waals surface area (Å²) in [4.78, 5) is 0. The minimum absolute atomic E-state index is 0. The van der Waals surface area contributed by atoms with Crippen LogP contribution in [0.3, 0.4) is 0 Å². The van der Waals surface area contributed by atoms with E-state index in [-0.39, 0.29) is 26.2 Å². The number of hydrogen-bond acceptors (Lipinski definition) is 0. The van der Waals surface area contributed by atoms with Crippen LogP contribution in [0.25, 0.3) is 22.8 Å². The zero-order chi connectivity index (χ0) is 18.1. The average molecular weight is 442 g/mol. The Kier molecular flexibility index (Phi) is 6.12. The summed E-state index contributed by atoms with van der Waals surface area (Å²) in [6.07, 6.45) is 10.4. The van der Waals surface area contributed by atoms with E-state index >= 15 is 0 Å². The summed E-state index contributed by atoms with van der Waals surface area (Å²) < 4.78 is 0. The fraction of sp³-hybridized carbons (Fsp3) is 0.259. The summed E-state index contributed by atoms with van der Waals surface area (Å²) in [5, 5.41) is 0. The van der Waals surface area contributed by atoms with Gasteiger partial charge in [-0.05, 0) is 70.2 Å². The molecule has 0 amide bonds. The van der Waals surface area contributed by atoms with Crippen LogP contribution in [0.15, 0.2) is 72.8 Å². The predicted octanol–water partition coefficient (Wildman–Crippen LogP) is 7.50. The van der Waals surface area contributed by atoms with Crippen LogP contribution in [-0.4, -0.2) is 0 Å². The van der Waals surface area contributed by atoms with Crippen molar-refractivity contribution in [1.29, 1.82) is 0 Å². The predicted molar refractivity (Wildman–Crippen MR) is 116 cm³/mol. The van der Waals surface area contributed by atoms with Crippen molar-refractivity contribution >= 4 is 11.6 Å². The van der Waals surface area contributed by atoms with Gasteiger partial charge in [-0.3, -0.25) is 0 Å². The molecule has 0 nitrogen and oxygen atoms in total. The molecule has 1 fully saturated rings. The zero-order valence-corrected chi connectivity index (χ0v) is 18.8. The second kappa shape index (κ2) is 8.75. The second-order valence-electron chi connectivity index (χ2n) is 8.05. The SMILES string of the molecule is C1=C(c2ccccc2)Cc2cccc(-c3ccc(C4CCCCC4)cc3)c21.[Zr]. The monoisotopic (exact) mass is 440 g/mol. The van der Waals surface area contributed by atoms with E-state index in [1.807, 2.05) is 0 Å². The molecule has 28 heavy (non-hydrogen) atoms. The molecule has 2 aliphatic carbocycles. The molecule has 1 heteroatoms. The molecule has 2 aliphatic rings. The van der Waals surface area contributed by atoms with E-state index in [2.05, 4.69) is 78.9 Å². The van der Waals surface area contributed by atoms with Crippen molar-refractivity contribution in [3.63, 3.8) is 0 Å². The average Bonchev–Trinajstić information content (AvgIpc) is 3.20. The van der Waals surface area contributed by atoms with E-state index in [1.54, 1.807) is 0 Å². The quantitative estimate of drug-likeness (QED) is 0.395. The van der Waals surface area contributed by atoms with E-state index in [0.717, 1.165) is 12.3 Å². The van der Waals surface area contributed by atoms with Gasteiger partial charge in [-0.2, -0.15) is 0 Å². The van der Waals surface area contributed by atoms with Gasteiger partial charge in [0.2, 0.25) is 0 Å². The number of allylic oxidation sites excluding steroid dienone is 1. The van der Waals surface area contributed by atoms with Gasteiger partial charge >= 0.3 is 0 Å². The molecule has 5 rings (SSSR count). The van der Waals surface area contributed by atoms with Gasteiger partial charge in [0, 0.05) is 26.2 Å². The molecule has 0 spiro atoms. The summed E-state index contributed by atoms with van der Waals surface area (Å²) in [7, 11) is 0. The van der Waals surface area contributed by atoms with E-state index in [4.69, 9.17) is 0 Å². The molecule has 1 saturated carbocycles. The fourth-order valence-corrected chi connectivity index (χ4v) is 4.83. The maximum absolute atomic E-state index is 2.40. The molecule has 0 atom stereocenters. The van der Waals surface area contributed by atoms with Gasteiger partial charge in [0.05, 0.1) is 0 Å².